The van der Waals surface area contributed by atoms with E-state index < -0.39 is 0 Å². The largest absolute Gasteiger partial charge is 0.334 e. The molecule has 1 heterocycles. The third-order valence-electron chi connectivity index (χ3n) is 8.81. The van der Waals surface area contributed by atoms with Crippen LogP contribution in [0.3, 0.4) is 0 Å². The van der Waals surface area contributed by atoms with Crippen LogP contribution < -0.4 is 0 Å². The summed E-state index contributed by atoms with van der Waals surface area (Å²) in [5.41, 5.74) is 7.90. The van der Waals surface area contributed by atoms with Crippen LogP contribution in [-0.2, 0) is 17.4 Å². The van der Waals surface area contributed by atoms with E-state index in [1.54, 1.807) is 0 Å². The molecule has 0 fully saturated rings. The standard InChI is InChI=1S/C40H49N/c1-8-11-12-13-14-21-28-40(30-32-22-17-15-18-23-32,31(4)33-24-19-16-20-25-33)41-37(10-3)35(9-2)36-29-34(39(5,6)7)26-27-38(36)41/h8-9,11-17,19-20,22,24,26-27,29,33H,1-2,4,10,18,21,23,25,28,30H2,3,5-7H3/b12-11-,14-13+. The summed E-state index contributed by atoms with van der Waals surface area (Å²) in [5.74, 6) is 0.299. The fraction of sp³-hybridized carbons (Fsp3) is 0.350. The van der Waals surface area contributed by atoms with Crippen LogP contribution in [0.2, 0.25) is 0 Å². The second kappa shape index (κ2) is 13.4. The third kappa shape index (κ3) is 6.51. The average molecular weight is 544 g/mol. The molecule has 1 aromatic heterocycles. The Morgan fingerprint density at radius 1 is 1.05 bits per heavy atom. The molecule has 2 aliphatic carbocycles. The zero-order valence-corrected chi connectivity index (χ0v) is 25.8. The molecule has 0 saturated carbocycles. The van der Waals surface area contributed by atoms with Gasteiger partial charge in [-0.05, 0) is 73.6 Å². The van der Waals surface area contributed by atoms with E-state index >= 15 is 0 Å². The molecule has 2 unspecified atom stereocenters. The molecular weight excluding hydrogens is 494 g/mol. The highest BCUT2D eigenvalue weighted by molar-refractivity contribution is 5.92. The van der Waals surface area contributed by atoms with Crippen molar-refractivity contribution in [2.45, 2.75) is 83.6 Å². The van der Waals surface area contributed by atoms with Crippen molar-refractivity contribution in [2.75, 3.05) is 0 Å². The van der Waals surface area contributed by atoms with E-state index in [4.69, 9.17) is 6.58 Å². The fourth-order valence-electron chi connectivity index (χ4n) is 6.60. The van der Waals surface area contributed by atoms with Crippen LogP contribution in [0, 0.1) is 5.92 Å². The molecule has 0 radical (unpaired) electrons. The Kier molecular flexibility index (Phi) is 9.92. The Hall–Kier alpha value is -3.58. The molecule has 1 nitrogen and oxygen atoms in total. The van der Waals surface area contributed by atoms with Crippen LogP contribution in [0.15, 0.2) is 122 Å². The van der Waals surface area contributed by atoms with Crippen molar-refractivity contribution in [3.63, 3.8) is 0 Å². The number of benzene rings is 1. The maximum atomic E-state index is 4.97. The zero-order chi connectivity index (χ0) is 29.5. The Balaban J connectivity index is 2.01. The summed E-state index contributed by atoms with van der Waals surface area (Å²) >= 11 is 0. The molecule has 2 aromatic rings. The monoisotopic (exact) mass is 543 g/mol. The van der Waals surface area contributed by atoms with Gasteiger partial charge in [0, 0.05) is 28.1 Å². The summed E-state index contributed by atoms with van der Waals surface area (Å²) in [6, 6.07) is 7.13. The number of hydrogen-bond acceptors (Lipinski definition) is 0. The molecule has 1 heteroatoms. The number of aromatic nitrogens is 1. The molecule has 214 valence electrons. The first-order valence-electron chi connectivity index (χ1n) is 15.4. The van der Waals surface area contributed by atoms with Gasteiger partial charge in [-0.1, -0.05) is 138 Å². The Labute approximate surface area is 249 Å². The normalized spacial score (nSPS) is 18.7. The molecule has 0 amide bonds. The van der Waals surface area contributed by atoms with Gasteiger partial charge in [0.2, 0.25) is 0 Å². The van der Waals surface area contributed by atoms with Crippen LogP contribution in [0.5, 0.6) is 0 Å². The lowest BCUT2D eigenvalue weighted by Gasteiger charge is -2.43. The van der Waals surface area contributed by atoms with E-state index in [-0.39, 0.29) is 11.0 Å². The molecule has 41 heavy (non-hydrogen) atoms. The lowest BCUT2D eigenvalue weighted by atomic mass is 9.72. The van der Waals surface area contributed by atoms with Gasteiger partial charge in [0.1, 0.15) is 0 Å². The van der Waals surface area contributed by atoms with Gasteiger partial charge >= 0.3 is 0 Å². The van der Waals surface area contributed by atoms with E-state index in [0.717, 1.165) is 44.9 Å². The molecular formula is C40H49N. The zero-order valence-electron chi connectivity index (χ0n) is 25.8. The van der Waals surface area contributed by atoms with Gasteiger partial charge < -0.3 is 4.57 Å². The number of nitrogens with zero attached hydrogens (tertiary/aromatic N) is 1. The van der Waals surface area contributed by atoms with Gasteiger partial charge in [0.05, 0.1) is 5.54 Å². The van der Waals surface area contributed by atoms with Crippen LogP contribution in [0.1, 0.15) is 83.0 Å². The van der Waals surface area contributed by atoms with Crippen LogP contribution in [-0.4, -0.2) is 4.57 Å². The van der Waals surface area contributed by atoms with Gasteiger partial charge in [0.15, 0.2) is 0 Å². The number of allylic oxidation sites excluding steroid dienone is 14. The Bertz CT molecular complexity index is 1450. The first kappa shape index (κ1) is 30.4. The topological polar surface area (TPSA) is 4.93 Å². The quantitative estimate of drug-likeness (QED) is 0.185. The number of fused-ring (bicyclic) bond motifs is 1. The first-order chi connectivity index (χ1) is 19.8. The molecule has 0 spiro atoms. The Morgan fingerprint density at radius 3 is 2.51 bits per heavy atom. The molecule has 2 atom stereocenters. The van der Waals surface area contributed by atoms with Crippen molar-refractivity contribution in [3.8, 4) is 0 Å². The van der Waals surface area contributed by atoms with Crippen molar-refractivity contribution < 1.29 is 0 Å². The second-order valence-electron chi connectivity index (χ2n) is 12.5. The van der Waals surface area contributed by atoms with E-state index in [2.05, 4.69) is 130 Å². The SMILES string of the molecule is C=C/C=C\C=C\CCC(CC1=CC=CCC1)(C(=C)C1C=CC=CC1)n1c(CC)c(C=C)c2cc(C(C)(C)C)ccc21. The van der Waals surface area contributed by atoms with E-state index in [9.17, 15) is 0 Å². The summed E-state index contributed by atoms with van der Waals surface area (Å²) in [6.07, 6.45) is 35.4. The lowest BCUT2D eigenvalue weighted by Crippen LogP contribution is -2.40. The highest BCUT2D eigenvalue weighted by Gasteiger charge is 2.41. The average Bonchev–Trinajstić information content (AvgIpc) is 3.31. The van der Waals surface area contributed by atoms with Crippen molar-refractivity contribution in [3.05, 3.63) is 139 Å². The van der Waals surface area contributed by atoms with E-state index in [1.165, 1.54) is 38.9 Å². The number of rotatable bonds is 12. The second-order valence-corrected chi connectivity index (χ2v) is 12.5. The predicted octanol–water partition coefficient (Wildman–Crippen LogP) is 11.3. The summed E-state index contributed by atoms with van der Waals surface area (Å²) in [7, 11) is 0. The maximum Gasteiger partial charge on any atom is 0.0703 e. The van der Waals surface area contributed by atoms with Gasteiger partial charge in [-0.3, -0.25) is 0 Å². The minimum absolute atomic E-state index is 0.0734. The summed E-state index contributed by atoms with van der Waals surface area (Å²) < 4.78 is 2.70. The third-order valence-corrected chi connectivity index (χ3v) is 8.81. The van der Waals surface area contributed by atoms with Gasteiger partial charge in [-0.2, -0.15) is 0 Å². The summed E-state index contributed by atoms with van der Waals surface area (Å²) in [4.78, 5) is 0. The number of hydrogen-bond donors (Lipinski definition) is 0. The maximum absolute atomic E-state index is 4.97. The molecule has 0 bridgehead atoms. The first-order valence-corrected chi connectivity index (χ1v) is 15.4. The molecule has 2 aliphatic rings. The van der Waals surface area contributed by atoms with E-state index in [1.807, 2.05) is 12.2 Å². The van der Waals surface area contributed by atoms with Gasteiger partial charge in [-0.25, -0.2) is 0 Å². The van der Waals surface area contributed by atoms with Crippen molar-refractivity contribution in [2.24, 2.45) is 5.92 Å². The van der Waals surface area contributed by atoms with Crippen molar-refractivity contribution in [1.82, 2.24) is 4.57 Å². The van der Waals surface area contributed by atoms with Gasteiger partial charge in [0.25, 0.3) is 0 Å². The minimum atomic E-state index is -0.280. The minimum Gasteiger partial charge on any atom is -0.334 e. The highest BCUT2D eigenvalue weighted by Crippen LogP contribution is 2.48. The molecule has 4 rings (SSSR count). The van der Waals surface area contributed by atoms with E-state index in [0.29, 0.717) is 5.92 Å². The van der Waals surface area contributed by atoms with Crippen LogP contribution in [0.4, 0.5) is 0 Å². The Morgan fingerprint density at radius 2 is 1.88 bits per heavy atom. The van der Waals surface area contributed by atoms with Crippen molar-refractivity contribution in [1.29, 1.82) is 0 Å². The summed E-state index contributed by atoms with van der Waals surface area (Å²) in [6.45, 7) is 22.3. The van der Waals surface area contributed by atoms with Crippen LogP contribution >= 0.6 is 0 Å². The molecule has 0 saturated heterocycles. The van der Waals surface area contributed by atoms with Crippen molar-refractivity contribution >= 4 is 17.0 Å². The fourth-order valence-corrected chi connectivity index (χ4v) is 6.60. The smallest absolute Gasteiger partial charge is 0.0703 e. The highest BCUT2D eigenvalue weighted by atomic mass is 15.1. The van der Waals surface area contributed by atoms with Gasteiger partial charge in [-0.15, -0.1) is 0 Å². The lowest BCUT2D eigenvalue weighted by molar-refractivity contribution is 0.297. The predicted molar refractivity (Wildman–Crippen MR) is 182 cm³/mol. The molecule has 0 aliphatic heterocycles. The van der Waals surface area contributed by atoms with Crippen LogP contribution in [0.25, 0.3) is 17.0 Å². The summed E-state index contributed by atoms with van der Waals surface area (Å²) in [5, 5.41) is 1.31. The molecule has 0 N–H and O–H groups in total. The molecule has 1 aromatic carbocycles.